The minimum absolute atomic E-state index is 0.0558. The second-order valence-corrected chi connectivity index (χ2v) is 5.23. The minimum atomic E-state index is -5.22. The normalized spacial score (nSPS) is 20.4. The molecule has 0 aromatic heterocycles. The molecule has 0 fully saturated rings. The smallest absolute Gasteiger partial charge is 0.438 e. The molecule has 2 rings (SSSR count). The molecule has 0 saturated heterocycles. The topological polar surface area (TPSA) is 79.2 Å². The molecule has 1 amide bonds. The van der Waals surface area contributed by atoms with Crippen LogP contribution in [-0.4, -0.2) is 46.2 Å². The van der Waals surface area contributed by atoms with Crippen molar-refractivity contribution in [1.29, 1.82) is 0 Å². The molecule has 0 aliphatic carbocycles. The summed E-state index contributed by atoms with van der Waals surface area (Å²) < 4.78 is 57.4. The summed E-state index contributed by atoms with van der Waals surface area (Å²) in [4.78, 5) is 23.4. The van der Waals surface area contributed by atoms with Gasteiger partial charge in [0.15, 0.2) is 0 Å². The Balaban J connectivity index is 2.35. The number of hydrogen-bond donors (Lipinski definition) is 1. The zero-order valence-corrected chi connectivity index (χ0v) is 13.0. The van der Waals surface area contributed by atoms with Crippen LogP contribution < -0.4 is 0 Å². The summed E-state index contributed by atoms with van der Waals surface area (Å²) in [6.45, 7) is 1.41. The molecule has 1 aliphatic heterocycles. The van der Waals surface area contributed by atoms with E-state index in [4.69, 9.17) is 0 Å². The molecule has 0 bridgehead atoms. The van der Waals surface area contributed by atoms with Gasteiger partial charge >= 0.3 is 12.1 Å². The summed E-state index contributed by atoms with van der Waals surface area (Å²) in [6, 6.07) is 4.36. The summed E-state index contributed by atoms with van der Waals surface area (Å²) in [5.41, 5.74) is -3.76. The number of hydrogen-bond acceptors (Lipinski definition) is 5. The lowest BCUT2D eigenvalue weighted by Crippen LogP contribution is -2.57. The van der Waals surface area contributed by atoms with Gasteiger partial charge in [0.1, 0.15) is 12.2 Å². The van der Waals surface area contributed by atoms with E-state index in [2.05, 4.69) is 9.84 Å². The van der Waals surface area contributed by atoms with Crippen LogP contribution in [0.4, 0.5) is 17.6 Å². The van der Waals surface area contributed by atoms with Gasteiger partial charge < -0.3 is 9.84 Å². The van der Waals surface area contributed by atoms with Crippen LogP contribution in [0.15, 0.2) is 29.4 Å². The fourth-order valence-electron chi connectivity index (χ4n) is 2.24. The van der Waals surface area contributed by atoms with Gasteiger partial charge in [0.2, 0.25) is 0 Å². The van der Waals surface area contributed by atoms with Crippen molar-refractivity contribution in [3.05, 3.63) is 35.6 Å². The van der Waals surface area contributed by atoms with E-state index in [1.54, 1.807) is 0 Å². The van der Waals surface area contributed by atoms with Crippen LogP contribution in [0.5, 0.6) is 0 Å². The summed E-state index contributed by atoms with van der Waals surface area (Å²) in [6.07, 6.45) is -7.27. The number of rotatable bonds is 4. The summed E-state index contributed by atoms with van der Waals surface area (Å²) >= 11 is 0. The Bertz CT molecular complexity index is 702. The maximum Gasteiger partial charge on any atom is 0.438 e. The summed E-state index contributed by atoms with van der Waals surface area (Å²) in [5.74, 6) is -3.01. The number of halogens is 4. The van der Waals surface area contributed by atoms with Crippen molar-refractivity contribution in [3.63, 3.8) is 0 Å². The maximum atomic E-state index is 13.3. The number of carbonyl (C=O) groups excluding carboxylic acids is 2. The second kappa shape index (κ2) is 6.79. The molecule has 1 atom stereocenters. The number of amides is 1. The second-order valence-electron chi connectivity index (χ2n) is 5.23. The lowest BCUT2D eigenvalue weighted by Gasteiger charge is -2.32. The van der Waals surface area contributed by atoms with Crippen molar-refractivity contribution in [2.24, 2.45) is 5.10 Å². The van der Waals surface area contributed by atoms with E-state index in [-0.39, 0.29) is 22.9 Å². The first-order valence-electron chi connectivity index (χ1n) is 7.19. The molecule has 0 saturated carbocycles. The van der Waals surface area contributed by atoms with Gasteiger partial charge in [0.05, 0.1) is 18.7 Å². The van der Waals surface area contributed by atoms with Gasteiger partial charge in [-0.2, -0.15) is 23.3 Å². The molecular weight excluding hydrogens is 348 g/mol. The molecule has 1 N–H and O–H groups in total. The zero-order chi connectivity index (χ0) is 18.8. The van der Waals surface area contributed by atoms with Crippen LogP contribution in [-0.2, 0) is 14.3 Å². The number of aliphatic hydroxyl groups is 1. The fourth-order valence-corrected chi connectivity index (χ4v) is 2.24. The van der Waals surface area contributed by atoms with Gasteiger partial charge in [-0.3, -0.25) is 9.59 Å². The van der Waals surface area contributed by atoms with E-state index in [9.17, 15) is 32.3 Å². The Kier molecular flexibility index (Phi) is 5.12. The number of benzene rings is 1. The van der Waals surface area contributed by atoms with Crippen molar-refractivity contribution in [1.82, 2.24) is 5.01 Å². The Morgan fingerprint density at radius 3 is 2.44 bits per heavy atom. The molecule has 1 unspecified atom stereocenters. The Hall–Kier alpha value is -2.49. The predicted molar refractivity (Wildman–Crippen MR) is 76.7 cm³/mol. The van der Waals surface area contributed by atoms with Crippen LogP contribution in [0.2, 0.25) is 0 Å². The summed E-state index contributed by atoms with van der Waals surface area (Å²) in [7, 11) is 0. The molecule has 0 spiro atoms. The van der Waals surface area contributed by atoms with Crippen LogP contribution in [0.25, 0.3) is 0 Å². The lowest BCUT2D eigenvalue weighted by atomic mass is 10.0. The fraction of sp³-hybridized carbons (Fsp3) is 0.400. The van der Waals surface area contributed by atoms with E-state index in [0.29, 0.717) is 0 Å². The molecule has 0 radical (unpaired) electrons. The number of ether oxygens (including phenoxy) is 1. The van der Waals surface area contributed by atoms with Gasteiger partial charge in [-0.05, 0) is 24.6 Å². The highest BCUT2D eigenvalue weighted by Crippen LogP contribution is 2.41. The van der Waals surface area contributed by atoms with Crippen LogP contribution >= 0.6 is 0 Å². The van der Waals surface area contributed by atoms with Gasteiger partial charge in [0, 0.05) is 0 Å². The molecule has 136 valence electrons. The number of hydrazone groups is 1. The van der Waals surface area contributed by atoms with Crippen LogP contribution in [0.1, 0.15) is 25.3 Å². The molecule has 1 aliphatic rings. The molecule has 1 aromatic carbocycles. The molecule has 25 heavy (non-hydrogen) atoms. The van der Waals surface area contributed by atoms with E-state index in [0.717, 1.165) is 12.1 Å². The van der Waals surface area contributed by atoms with Gasteiger partial charge in [-0.1, -0.05) is 12.1 Å². The van der Waals surface area contributed by atoms with Gasteiger partial charge in [0.25, 0.3) is 11.6 Å². The number of alkyl halides is 3. The maximum absolute atomic E-state index is 13.3. The first-order valence-corrected chi connectivity index (χ1v) is 7.19. The predicted octanol–water partition coefficient (Wildman–Crippen LogP) is 1.97. The van der Waals surface area contributed by atoms with Crippen molar-refractivity contribution in [3.8, 4) is 0 Å². The average Bonchev–Trinajstić information content (AvgIpc) is 2.87. The van der Waals surface area contributed by atoms with E-state index in [1.165, 1.54) is 19.1 Å². The van der Waals surface area contributed by atoms with Crippen molar-refractivity contribution >= 4 is 17.6 Å². The van der Waals surface area contributed by atoms with E-state index >= 15 is 0 Å². The molecule has 10 heteroatoms. The quantitative estimate of drug-likeness (QED) is 0.505. The largest absolute Gasteiger partial charge is 0.466 e. The first-order chi connectivity index (χ1) is 11.6. The zero-order valence-electron chi connectivity index (χ0n) is 13.0. The third-order valence-electron chi connectivity index (χ3n) is 3.45. The molecule has 1 aromatic rings. The Morgan fingerprint density at radius 2 is 1.92 bits per heavy atom. The third-order valence-corrected chi connectivity index (χ3v) is 3.45. The first kappa shape index (κ1) is 18.8. The van der Waals surface area contributed by atoms with E-state index in [1.807, 2.05) is 0 Å². The Labute approximate surface area is 139 Å². The highest BCUT2D eigenvalue weighted by molar-refractivity contribution is 6.04. The molecular formula is C15H14F4N2O4. The highest BCUT2D eigenvalue weighted by Gasteiger charge is 2.63. The van der Waals surface area contributed by atoms with Crippen molar-refractivity contribution in [2.75, 3.05) is 6.61 Å². The number of nitrogens with zero attached hydrogens (tertiary/aromatic N) is 2. The standard InChI is InChI=1S/C15H14F4N2O4/c1-2-25-13(23)7-12(22)21-14(24,15(17,18)19)8-11(20-21)9-3-5-10(16)6-4-9/h3-6,24H,2,7-8H2,1H3. The van der Waals surface area contributed by atoms with Crippen LogP contribution in [0, 0.1) is 5.82 Å². The van der Waals surface area contributed by atoms with Crippen molar-refractivity contribution < 1.29 is 37.0 Å². The van der Waals surface area contributed by atoms with Crippen molar-refractivity contribution in [2.45, 2.75) is 31.7 Å². The molecule has 1 heterocycles. The highest BCUT2D eigenvalue weighted by atomic mass is 19.4. The monoisotopic (exact) mass is 362 g/mol. The number of carbonyl (C=O) groups is 2. The van der Waals surface area contributed by atoms with Gasteiger partial charge in [-0.25, -0.2) is 4.39 Å². The minimum Gasteiger partial charge on any atom is -0.466 e. The summed E-state index contributed by atoms with van der Waals surface area (Å²) in [5, 5.41) is 13.4. The van der Waals surface area contributed by atoms with E-state index < -0.39 is 42.4 Å². The van der Waals surface area contributed by atoms with Crippen LogP contribution in [0.3, 0.4) is 0 Å². The van der Waals surface area contributed by atoms with Gasteiger partial charge in [-0.15, -0.1) is 0 Å². The third kappa shape index (κ3) is 3.78. The molecule has 6 nitrogen and oxygen atoms in total. The average molecular weight is 362 g/mol. The SMILES string of the molecule is CCOC(=O)CC(=O)N1N=C(c2ccc(F)cc2)CC1(O)C(F)(F)F. The Morgan fingerprint density at radius 1 is 1.32 bits per heavy atom. The lowest BCUT2D eigenvalue weighted by molar-refractivity contribution is -0.302. The number of esters is 1.